The average molecular weight is 479 g/mol. The molecule has 0 aliphatic carbocycles. The van der Waals surface area contributed by atoms with Crippen LogP contribution < -0.4 is 14.9 Å². The number of carbonyl (C=O) groups is 1. The number of hydrogen-bond donors (Lipinski definition) is 1. The third-order valence-corrected chi connectivity index (χ3v) is 5.46. The molecule has 0 aromatic heterocycles. The first-order valence-corrected chi connectivity index (χ1v) is 12.1. The van der Waals surface area contributed by atoms with Crippen molar-refractivity contribution in [2.75, 3.05) is 6.61 Å². The highest BCUT2D eigenvalue weighted by Gasteiger charge is 2.05. The number of benzene rings is 3. The zero-order chi connectivity index (χ0) is 24.0. The van der Waals surface area contributed by atoms with Crippen LogP contribution in [-0.4, -0.2) is 18.7 Å². The van der Waals surface area contributed by atoms with E-state index in [4.69, 9.17) is 21.1 Å². The molecule has 1 amide bonds. The molecule has 0 unspecified atom stereocenters. The van der Waals surface area contributed by atoms with Crippen molar-refractivity contribution in [1.29, 1.82) is 0 Å². The second kappa shape index (κ2) is 14.1. The Kier molecular flexibility index (Phi) is 10.5. The predicted octanol–water partition coefficient (Wildman–Crippen LogP) is 7.03. The fourth-order valence-electron chi connectivity index (χ4n) is 3.23. The number of hydrazone groups is 1. The summed E-state index contributed by atoms with van der Waals surface area (Å²) in [4.78, 5) is 12.3. The SMILES string of the molecule is CCCCCCCOc1ccc(C=NNC(=O)c2ccc(OCc3ccc(Cl)cc3)cc2)cc1. The van der Waals surface area contributed by atoms with Crippen LogP contribution in [0.1, 0.15) is 60.5 Å². The minimum atomic E-state index is -0.288. The van der Waals surface area contributed by atoms with Crippen LogP contribution in [0.5, 0.6) is 11.5 Å². The molecule has 3 aromatic carbocycles. The van der Waals surface area contributed by atoms with E-state index in [0.29, 0.717) is 22.9 Å². The molecule has 0 aliphatic rings. The molecule has 178 valence electrons. The third kappa shape index (κ3) is 8.91. The maximum atomic E-state index is 12.3. The summed E-state index contributed by atoms with van der Waals surface area (Å²) >= 11 is 5.89. The highest BCUT2D eigenvalue weighted by Crippen LogP contribution is 2.16. The Balaban J connectivity index is 1.39. The van der Waals surface area contributed by atoms with Crippen LogP contribution in [0.25, 0.3) is 0 Å². The molecule has 0 saturated carbocycles. The maximum Gasteiger partial charge on any atom is 0.271 e. The van der Waals surface area contributed by atoms with Gasteiger partial charge < -0.3 is 9.47 Å². The van der Waals surface area contributed by atoms with Crippen molar-refractivity contribution < 1.29 is 14.3 Å². The Hall–Kier alpha value is -3.31. The van der Waals surface area contributed by atoms with Crippen LogP contribution in [0.2, 0.25) is 5.02 Å². The number of unbranched alkanes of at least 4 members (excludes halogenated alkanes) is 4. The zero-order valence-corrected chi connectivity index (χ0v) is 20.3. The van der Waals surface area contributed by atoms with Crippen molar-refractivity contribution in [1.82, 2.24) is 5.43 Å². The Morgan fingerprint density at radius 2 is 1.50 bits per heavy atom. The molecule has 0 radical (unpaired) electrons. The highest BCUT2D eigenvalue weighted by molar-refractivity contribution is 6.30. The quantitative estimate of drug-likeness (QED) is 0.163. The predicted molar refractivity (Wildman–Crippen MR) is 138 cm³/mol. The van der Waals surface area contributed by atoms with Crippen molar-refractivity contribution in [3.63, 3.8) is 0 Å². The molecule has 0 bridgehead atoms. The van der Waals surface area contributed by atoms with Gasteiger partial charge in [0.2, 0.25) is 0 Å². The van der Waals surface area contributed by atoms with E-state index >= 15 is 0 Å². The summed E-state index contributed by atoms with van der Waals surface area (Å²) in [5, 5.41) is 4.74. The molecule has 3 aromatic rings. The minimum absolute atomic E-state index is 0.288. The first-order chi connectivity index (χ1) is 16.6. The standard InChI is InChI=1S/C28H31ClN2O3/c1-2-3-4-5-6-19-33-26-15-9-22(10-16-26)20-30-31-28(32)24-11-17-27(18-12-24)34-21-23-7-13-25(29)14-8-23/h7-18,20H,2-6,19,21H2,1H3,(H,31,32). The molecule has 3 rings (SSSR count). The van der Waals surface area contributed by atoms with Gasteiger partial charge in [0.1, 0.15) is 18.1 Å². The van der Waals surface area contributed by atoms with E-state index in [9.17, 15) is 4.79 Å². The molecule has 0 saturated heterocycles. The van der Waals surface area contributed by atoms with E-state index in [1.807, 2.05) is 48.5 Å². The molecule has 5 nitrogen and oxygen atoms in total. The monoisotopic (exact) mass is 478 g/mol. The molecule has 0 fully saturated rings. The number of ether oxygens (including phenoxy) is 2. The number of amides is 1. The lowest BCUT2D eigenvalue weighted by molar-refractivity contribution is 0.0955. The van der Waals surface area contributed by atoms with Gasteiger partial charge in [-0.15, -0.1) is 0 Å². The molecule has 1 N–H and O–H groups in total. The molecular weight excluding hydrogens is 448 g/mol. The van der Waals surface area contributed by atoms with Crippen molar-refractivity contribution in [3.05, 3.63) is 94.5 Å². The number of carbonyl (C=O) groups excluding carboxylic acids is 1. The molecule has 0 spiro atoms. The largest absolute Gasteiger partial charge is 0.494 e. The van der Waals surface area contributed by atoms with E-state index in [2.05, 4.69) is 17.5 Å². The van der Waals surface area contributed by atoms with Crippen molar-refractivity contribution >= 4 is 23.7 Å². The zero-order valence-electron chi connectivity index (χ0n) is 19.5. The van der Waals surface area contributed by atoms with E-state index in [0.717, 1.165) is 29.9 Å². The summed E-state index contributed by atoms with van der Waals surface area (Å²) in [6, 6.07) is 22.1. The number of hydrogen-bond acceptors (Lipinski definition) is 4. The Morgan fingerprint density at radius 3 is 2.21 bits per heavy atom. The van der Waals surface area contributed by atoms with Gasteiger partial charge in [0.05, 0.1) is 12.8 Å². The van der Waals surface area contributed by atoms with Crippen molar-refractivity contribution in [2.45, 2.75) is 45.6 Å². The molecule has 6 heteroatoms. The number of nitrogens with zero attached hydrogens (tertiary/aromatic N) is 1. The van der Waals surface area contributed by atoms with Gasteiger partial charge in [-0.3, -0.25) is 4.79 Å². The number of halogens is 1. The van der Waals surface area contributed by atoms with Crippen LogP contribution in [0.3, 0.4) is 0 Å². The summed E-state index contributed by atoms with van der Waals surface area (Å²) < 4.78 is 11.5. The van der Waals surface area contributed by atoms with Crippen LogP contribution in [-0.2, 0) is 6.61 Å². The normalized spacial score (nSPS) is 10.9. The van der Waals surface area contributed by atoms with Gasteiger partial charge in [-0.2, -0.15) is 5.10 Å². The van der Waals surface area contributed by atoms with Gasteiger partial charge in [-0.1, -0.05) is 56.3 Å². The van der Waals surface area contributed by atoms with Gasteiger partial charge in [0, 0.05) is 10.6 Å². The molecule has 0 heterocycles. The van der Waals surface area contributed by atoms with Crippen LogP contribution in [0.4, 0.5) is 0 Å². The van der Waals surface area contributed by atoms with Crippen LogP contribution >= 0.6 is 11.6 Å². The Bertz CT molecular complexity index is 1030. The first kappa shape index (κ1) is 25.3. The van der Waals surface area contributed by atoms with E-state index in [1.54, 1.807) is 30.5 Å². The lowest BCUT2D eigenvalue weighted by Gasteiger charge is -2.07. The number of nitrogens with one attached hydrogen (secondary N) is 1. The molecule has 34 heavy (non-hydrogen) atoms. The highest BCUT2D eigenvalue weighted by atomic mass is 35.5. The van der Waals surface area contributed by atoms with Crippen LogP contribution in [0, 0.1) is 0 Å². The molecular formula is C28H31ClN2O3. The molecule has 0 atom stereocenters. The fourth-order valence-corrected chi connectivity index (χ4v) is 3.35. The van der Waals surface area contributed by atoms with E-state index in [-0.39, 0.29) is 5.91 Å². The lowest BCUT2D eigenvalue weighted by Crippen LogP contribution is -2.17. The summed E-state index contributed by atoms with van der Waals surface area (Å²) in [6.07, 6.45) is 7.69. The maximum absolute atomic E-state index is 12.3. The summed E-state index contributed by atoms with van der Waals surface area (Å²) in [5.74, 6) is 1.23. The van der Waals surface area contributed by atoms with Gasteiger partial charge in [0.15, 0.2) is 0 Å². The topological polar surface area (TPSA) is 59.9 Å². The van der Waals surface area contributed by atoms with Crippen molar-refractivity contribution in [2.24, 2.45) is 5.10 Å². The summed E-state index contributed by atoms with van der Waals surface area (Å²) in [6.45, 7) is 3.37. The van der Waals surface area contributed by atoms with Gasteiger partial charge in [-0.05, 0) is 78.2 Å². The van der Waals surface area contributed by atoms with Crippen molar-refractivity contribution in [3.8, 4) is 11.5 Å². The lowest BCUT2D eigenvalue weighted by atomic mass is 10.2. The summed E-state index contributed by atoms with van der Waals surface area (Å²) in [7, 11) is 0. The van der Waals surface area contributed by atoms with Gasteiger partial charge >= 0.3 is 0 Å². The molecule has 0 aliphatic heterocycles. The van der Waals surface area contributed by atoms with Crippen LogP contribution in [0.15, 0.2) is 77.9 Å². The number of rotatable bonds is 13. The fraction of sp³-hybridized carbons (Fsp3) is 0.286. The Labute approximate surface area is 206 Å². The average Bonchev–Trinajstić information content (AvgIpc) is 2.87. The van der Waals surface area contributed by atoms with Gasteiger partial charge in [-0.25, -0.2) is 5.43 Å². The minimum Gasteiger partial charge on any atom is -0.494 e. The smallest absolute Gasteiger partial charge is 0.271 e. The first-order valence-electron chi connectivity index (χ1n) is 11.7. The van der Waals surface area contributed by atoms with Gasteiger partial charge in [0.25, 0.3) is 5.91 Å². The second-order valence-electron chi connectivity index (χ2n) is 7.97. The Morgan fingerprint density at radius 1 is 0.853 bits per heavy atom. The van der Waals surface area contributed by atoms with E-state index in [1.165, 1.54) is 25.7 Å². The second-order valence-corrected chi connectivity index (χ2v) is 8.41. The third-order valence-electron chi connectivity index (χ3n) is 5.21. The summed E-state index contributed by atoms with van der Waals surface area (Å²) in [5.41, 5.74) is 4.94. The van der Waals surface area contributed by atoms with E-state index < -0.39 is 0 Å².